The molecule has 0 amide bonds. The van der Waals surface area contributed by atoms with Gasteiger partial charge in [0, 0.05) is 19.3 Å². The Morgan fingerprint density at radius 1 is 0.304 bits per heavy atom. The minimum atomic E-state index is -0.830. The van der Waals surface area contributed by atoms with Gasteiger partial charge in [-0.2, -0.15) is 0 Å². The topological polar surface area (TPSA) is 78.9 Å². The molecule has 0 aromatic heterocycles. The van der Waals surface area contributed by atoms with E-state index >= 15 is 0 Å². The van der Waals surface area contributed by atoms with E-state index in [-0.39, 0.29) is 37.5 Å². The van der Waals surface area contributed by atoms with Gasteiger partial charge in [0.15, 0.2) is 6.10 Å². The lowest BCUT2D eigenvalue weighted by molar-refractivity contribution is -0.167. The Morgan fingerprint density at radius 2 is 0.565 bits per heavy atom. The zero-order valence-electron chi connectivity index (χ0n) is 44.0. The number of rotatable bonds is 47. The standard InChI is InChI=1S/C63H98O6/c1-4-7-10-13-16-19-22-25-28-30-31-33-36-38-41-44-47-50-53-56-62(65)68-59-60(69-63(66)57-54-51-48-45-42-39-34-27-24-21-18-15-12-9-6-3)58-67-61(64)55-52-49-46-43-40-37-35-32-29-26-23-20-17-14-11-8-5-2/h7,9-10,12,16-21,25-29,31,33-35,37-38,41-42,45,60H,4-6,8,11,13-15,22-24,30,32,36,39-40,43-44,46-59H2,1-3H3/b10-7-,12-9-,19-16-,20-17-,21-18-,28-25-,29-26-,33-31-,34-27-,37-35-,41-38-,45-42-/t60-/m0/s1. The molecule has 0 aliphatic rings. The summed E-state index contributed by atoms with van der Waals surface area (Å²) in [4.78, 5) is 38.1. The van der Waals surface area contributed by atoms with Gasteiger partial charge in [0.05, 0.1) is 0 Å². The van der Waals surface area contributed by atoms with Crippen molar-refractivity contribution < 1.29 is 28.6 Å². The third-order valence-corrected chi connectivity index (χ3v) is 10.8. The number of hydrogen-bond acceptors (Lipinski definition) is 6. The molecule has 0 aliphatic heterocycles. The van der Waals surface area contributed by atoms with Crippen LogP contribution in [0, 0.1) is 0 Å². The van der Waals surface area contributed by atoms with E-state index in [9.17, 15) is 14.4 Å². The smallest absolute Gasteiger partial charge is 0.306 e. The summed E-state index contributed by atoms with van der Waals surface area (Å²) >= 11 is 0. The number of ether oxygens (including phenoxy) is 3. The van der Waals surface area contributed by atoms with Crippen molar-refractivity contribution in [1.82, 2.24) is 0 Å². The van der Waals surface area contributed by atoms with Gasteiger partial charge in [0.1, 0.15) is 13.2 Å². The quantitative estimate of drug-likeness (QED) is 0.0262. The number of unbranched alkanes of at least 4 members (excludes halogenated alkanes) is 12. The molecule has 0 aliphatic carbocycles. The van der Waals surface area contributed by atoms with Crippen molar-refractivity contribution >= 4 is 17.9 Å². The van der Waals surface area contributed by atoms with Crippen LogP contribution in [0.25, 0.3) is 0 Å². The van der Waals surface area contributed by atoms with Gasteiger partial charge in [-0.15, -0.1) is 0 Å². The summed E-state index contributed by atoms with van der Waals surface area (Å²) in [6, 6.07) is 0. The predicted molar refractivity (Wildman–Crippen MR) is 297 cm³/mol. The molecule has 0 saturated carbocycles. The lowest BCUT2D eigenvalue weighted by Gasteiger charge is -2.18. The summed E-state index contributed by atoms with van der Waals surface area (Å²) in [5.41, 5.74) is 0. The molecular formula is C63H98O6. The third kappa shape index (κ3) is 54.1. The number of hydrogen-bond donors (Lipinski definition) is 0. The Morgan fingerprint density at radius 3 is 0.913 bits per heavy atom. The molecule has 0 aromatic carbocycles. The highest BCUT2D eigenvalue weighted by molar-refractivity contribution is 5.71. The molecule has 386 valence electrons. The monoisotopic (exact) mass is 951 g/mol. The molecule has 0 fully saturated rings. The summed E-state index contributed by atoms with van der Waals surface area (Å²) in [6.07, 6.45) is 79.7. The molecule has 6 nitrogen and oxygen atoms in total. The first-order valence-corrected chi connectivity index (χ1v) is 27.3. The lowest BCUT2D eigenvalue weighted by atomic mass is 10.1. The van der Waals surface area contributed by atoms with Crippen LogP contribution in [0.4, 0.5) is 0 Å². The maximum atomic E-state index is 12.8. The van der Waals surface area contributed by atoms with Crippen LogP contribution in [0.2, 0.25) is 0 Å². The molecule has 0 rings (SSSR count). The first-order chi connectivity index (χ1) is 34.0. The summed E-state index contributed by atoms with van der Waals surface area (Å²) in [5, 5.41) is 0. The van der Waals surface area contributed by atoms with Crippen molar-refractivity contribution in [2.75, 3.05) is 13.2 Å². The van der Waals surface area contributed by atoms with Crippen LogP contribution in [0.3, 0.4) is 0 Å². The van der Waals surface area contributed by atoms with Gasteiger partial charge in [-0.3, -0.25) is 14.4 Å². The van der Waals surface area contributed by atoms with Crippen molar-refractivity contribution in [2.24, 2.45) is 0 Å². The maximum absolute atomic E-state index is 12.8. The first kappa shape index (κ1) is 64.3. The maximum Gasteiger partial charge on any atom is 0.306 e. The van der Waals surface area contributed by atoms with E-state index in [2.05, 4.69) is 167 Å². The summed E-state index contributed by atoms with van der Waals surface area (Å²) in [6.45, 7) is 6.28. The zero-order chi connectivity index (χ0) is 50.0. The van der Waals surface area contributed by atoms with Crippen LogP contribution >= 0.6 is 0 Å². The summed E-state index contributed by atoms with van der Waals surface area (Å²) < 4.78 is 16.8. The van der Waals surface area contributed by atoms with Crippen molar-refractivity contribution in [3.63, 3.8) is 0 Å². The van der Waals surface area contributed by atoms with Crippen LogP contribution in [0.15, 0.2) is 146 Å². The molecule has 69 heavy (non-hydrogen) atoms. The van der Waals surface area contributed by atoms with E-state index in [1.807, 2.05) is 0 Å². The van der Waals surface area contributed by atoms with Crippen molar-refractivity contribution in [3.05, 3.63) is 146 Å². The van der Waals surface area contributed by atoms with E-state index in [0.29, 0.717) is 19.3 Å². The minimum absolute atomic E-state index is 0.123. The molecule has 0 N–H and O–H groups in total. The van der Waals surface area contributed by atoms with E-state index in [0.717, 1.165) is 141 Å². The van der Waals surface area contributed by atoms with Gasteiger partial charge in [0.2, 0.25) is 0 Å². The lowest BCUT2D eigenvalue weighted by Crippen LogP contribution is -2.30. The zero-order valence-corrected chi connectivity index (χ0v) is 44.0. The molecule has 0 unspecified atom stereocenters. The van der Waals surface area contributed by atoms with Gasteiger partial charge in [-0.05, 0) is 141 Å². The molecule has 0 bridgehead atoms. The average molecular weight is 951 g/mol. The SMILES string of the molecule is CC/C=C\C/C=C\C/C=C\C/C=C\C/C=C\CCCCCC(=O)OC[C@H](COC(=O)CCCCCC/C=C\C/C=C\C/C=C\CCCCC)OC(=O)CCCC/C=C\C/C=C\C/C=C\C/C=C\CC. The van der Waals surface area contributed by atoms with Crippen LogP contribution in [-0.2, 0) is 28.6 Å². The fourth-order valence-corrected chi connectivity index (χ4v) is 6.76. The first-order valence-electron chi connectivity index (χ1n) is 27.3. The Labute approximate surface area is 423 Å². The molecule has 0 spiro atoms. The van der Waals surface area contributed by atoms with Gasteiger partial charge >= 0.3 is 17.9 Å². The second kappa shape index (κ2) is 55.9. The second-order valence-electron chi connectivity index (χ2n) is 17.4. The van der Waals surface area contributed by atoms with Crippen LogP contribution in [0.1, 0.15) is 213 Å². The van der Waals surface area contributed by atoms with E-state index in [4.69, 9.17) is 14.2 Å². The van der Waals surface area contributed by atoms with Gasteiger partial charge in [0.25, 0.3) is 0 Å². The minimum Gasteiger partial charge on any atom is -0.462 e. The number of allylic oxidation sites excluding steroid dienone is 24. The fraction of sp³-hybridized carbons (Fsp3) is 0.571. The number of esters is 3. The Kier molecular flexibility index (Phi) is 52.1. The molecule has 1 atom stereocenters. The van der Waals surface area contributed by atoms with Gasteiger partial charge < -0.3 is 14.2 Å². The van der Waals surface area contributed by atoms with E-state index in [1.54, 1.807) is 0 Å². The highest BCUT2D eigenvalue weighted by Crippen LogP contribution is 2.11. The highest BCUT2D eigenvalue weighted by Gasteiger charge is 2.19. The average Bonchev–Trinajstić information content (AvgIpc) is 3.35. The van der Waals surface area contributed by atoms with Gasteiger partial charge in [-0.1, -0.05) is 199 Å². The molecule has 0 radical (unpaired) electrons. The molecule has 0 saturated heterocycles. The largest absolute Gasteiger partial charge is 0.462 e. The van der Waals surface area contributed by atoms with Crippen molar-refractivity contribution in [2.45, 2.75) is 219 Å². The molecule has 0 aromatic rings. The summed E-state index contributed by atoms with van der Waals surface area (Å²) in [5.74, 6) is -1.03. The molecule has 6 heteroatoms. The normalized spacial score (nSPS) is 13.3. The molecule has 0 heterocycles. The Hall–Kier alpha value is -4.71. The Balaban J connectivity index is 4.58. The number of carbonyl (C=O) groups is 3. The van der Waals surface area contributed by atoms with Crippen molar-refractivity contribution in [1.29, 1.82) is 0 Å². The van der Waals surface area contributed by atoms with Crippen LogP contribution < -0.4 is 0 Å². The third-order valence-electron chi connectivity index (χ3n) is 10.8. The Bertz CT molecular complexity index is 1560. The predicted octanol–water partition coefficient (Wildman–Crippen LogP) is 18.4. The highest BCUT2D eigenvalue weighted by atomic mass is 16.6. The van der Waals surface area contributed by atoms with E-state index < -0.39 is 6.10 Å². The van der Waals surface area contributed by atoms with Crippen LogP contribution in [-0.4, -0.2) is 37.2 Å². The van der Waals surface area contributed by atoms with Crippen molar-refractivity contribution in [3.8, 4) is 0 Å². The second-order valence-corrected chi connectivity index (χ2v) is 17.4. The summed E-state index contributed by atoms with van der Waals surface area (Å²) in [7, 11) is 0. The number of carbonyl (C=O) groups excluding carboxylic acids is 3. The van der Waals surface area contributed by atoms with Crippen LogP contribution in [0.5, 0.6) is 0 Å². The van der Waals surface area contributed by atoms with Gasteiger partial charge in [-0.25, -0.2) is 0 Å². The van der Waals surface area contributed by atoms with E-state index in [1.165, 1.54) is 25.7 Å². The molecular weight excluding hydrogens is 853 g/mol. The fourth-order valence-electron chi connectivity index (χ4n) is 6.76.